The van der Waals surface area contributed by atoms with Gasteiger partial charge in [0.1, 0.15) is 0 Å². The topological polar surface area (TPSA) is 75.8 Å². The van der Waals surface area contributed by atoms with Crippen LogP contribution in [0, 0.1) is 10.1 Å². The molecule has 0 aromatic heterocycles. The van der Waals surface area contributed by atoms with Crippen LogP contribution in [0.15, 0.2) is 4.99 Å². The summed E-state index contributed by atoms with van der Waals surface area (Å²) in [6.45, 7) is -0.253. The minimum Gasteiger partial charge on any atom is -0.235 e. The highest BCUT2D eigenvalue weighted by Crippen LogP contribution is 1.79. The molecule has 50 valence electrons. The summed E-state index contributed by atoms with van der Waals surface area (Å²) in [5, 5.41) is 9.75. The quantitative estimate of drug-likeness (QED) is 0.222. The molecule has 0 heterocycles. The molecule has 0 saturated heterocycles. The van der Waals surface area contributed by atoms with Crippen LogP contribution in [-0.2, 0) is 4.79 Å². The highest BCUT2D eigenvalue weighted by molar-refractivity contribution is 5.32. The number of carbonyl (C=O) groups excluding carboxylic acids is 1. The summed E-state index contributed by atoms with van der Waals surface area (Å²) in [5.74, 6) is 0. The third kappa shape index (κ3) is 3.19. The van der Waals surface area contributed by atoms with Crippen molar-refractivity contribution >= 4 is 6.08 Å². The van der Waals surface area contributed by atoms with E-state index in [4.69, 9.17) is 0 Å². The predicted octanol–water partition coefficient (Wildman–Crippen LogP) is -0.597. The van der Waals surface area contributed by atoms with Gasteiger partial charge in [0.25, 0.3) is 0 Å². The maximum absolute atomic E-state index is 9.75. The molecule has 6 nitrogen and oxygen atoms in total. The fraction of sp³-hybridized carbons (Fsp3) is 0.667. The van der Waals surface area contributed by atoms with Gasteiger partial charge in [0.2, 0.25) is 6.08 Å². The molecule has 0 aromatic rings. The average Bonchev–Trinajstić information content (AvgIpc) is 1.82. The largest absolute Gasteiger partial charge is 0.237 e. The Morgan fingerprint density at radius 3 is 2.78 bits per heavy atom. The molecule has 0 fully saturated rings. The molecular weight excluding hydrogens is 126 g/mol. The van der Waals surface area contributed by atoms with Gasteiger partial charge in [0.05, 0.1) is 7.05 Å². The number of aliphatic imine (C=N–C) groups is 1. The molecule has 0 saturated carbocycles. The van der Waals surface area contributed by atoms with Gasteiger partial charge in [-0.2, -0.15) is 4.99 Å². The van der Waals surface area contributed by atoms with Crippen molar-refractivity contribution in [1.29, 1.82) is 0 Å². The van der Waals surface area contributed by atoms with Crippen molar-refractivity contribution in [3.05, 3.63) is 10.1 Å². The van der Waals surface area contributed by atoms with Crippen molar-refractivity contribution in [2.75, 3.05) is 13.7 Å². The maximum atomic E-state index is 9.75. The summed E-state index contributed by atoms with van der Waals surface area (Å²) in [4.78, 5) is 22.1. The lowest BCUT2D eigenvalue weighted by molar-refractivity contribution is -0.648. The summed E-state index contributed by atoms with van der Waals surface area (Å²) < 4.78 is 0. The second-order valence-electron chi connectivity index (χ2n) is 1.29. The lowest BCUT2D eigenvalue weighted by Crippen LogP contribution is -2.24. The summed E-state index contributed by atoms with van der Waals surface area (Å²) in [5.41, 5.74) is 0. The van der Waals surface area contributed by atoms with Gasteiger partial charge in [0.15, 0.2) is 11.7 Å². The van der Waals surface area contributed by atoms with Crippen LogP contribution in [0.1, 0.15) is 0 Å². The molecule has 0 radical (unpaired) electrons. The zero-order valence-electron chi connectivity index (χ0n) is 4.77. The monoisotopic (exact) mass is 131 g/mol. The summed E-state index contributed by atoms with van der Waals surface area (Å²) in [7, 11) is 1.21. The minimum atomic E-state index is -0.666. The Morgan fingerprint density at radius 2 is 2.44 bits per heavy atom. The van der Waals surface area contributed by atoms with Crippen LogP contribution >= 0.6 is 0 Å². The number of hydrazine groups is 1. The first-order chi connectivity index (χ1) is 4.18. The number of hydrogen-bond donors (Lipinski definition) is 0. The van der Waals surface area contributed by atoms with Crippen LogP contribution in [-0.4, -0.2) is 29.8 Å². The number of isocyanates is 1. The van der Waals surface area contributed by atoms with E-state index in [-0.39, 0.29) is 6.67 Å². The zero-order chi connectivity index (χ0) is 7.28. The van der Waals surface area contributed by atoms with E-state index in [1.165, 1.54) is 13.1 Å². The zero-order valence-corrected chi connectivity index (χ0v) is 4.77. The molecule has 0 spiro atoms. The molecule has 0 aromatic carbocycles. The minimum absolute atomic E-state index is 0.253. The summed E-state index contributed by atoms with van der Waals surface area (Å²) in [6, 6.07) is 0. The molecule has 6 heteroatoms. The Balaban J connectivity index is 3.63. The van der Waals surface area contributed by atoms with E-state index >= 15 is 0 Å². The molecule has 0 rings (SSSR count). The smallest absolute Gasteiger partial charge is 0.235 e. The summed E-state index contributed by atoms with van der Waals surface area (Å²) >= 11 is 0. The van der Waals surface area contributed by atoms with Gasteiger partial charge >= 0.3 is 0 Å². The van der Waals surface area contributed by atoms with Crippen LogP contribution in [0.5, 0.6) is 0 Å². The van der Waals surface area contributed by atoms with E-state index in [1.807, 2.05) is 0 Å². The van der Waals surface area contributed by atoms with Crippen LogP contribution in [0.2, 0.25) is 0 Å². The molecule has 0 bridgehead atoms. The fourth-order valence-corrected chi connectivity index (χ4v) is 0.183. The first kappa shape index (κ1) is 7.58. The van der Waals surface area contributed by atoms with Crippen molar-refractivity contribution in [2.45, 2.75) is 0 Å². The van der Waals surface area contributed by atoms with Crippen molar-refractivity contribution in [2.24, 2.45) is 4.99 Å². The van der Waals surface area contributed by atoms with Crippen molar-refractivity contribution in [3.8, 4) is 0 Å². The van der Waals surface area contributed by atoms with E-state index in [9.17, 15) is 14.9 Å². The lowest BCUT2D eigenvalue weighted by atomic mass is 11.0. The molecule has 0 atom stereocenters. The van der Waals surface area contributed by atoms with Crippen LogP contribution in [0.25, 0.3) is 0 Å². The van der Waals surface area contributed by atoms with Gasteiger partial charge in [-0.15, -0.1) is 5.01 Å². The molecule has 0 aliphatic rings. The van der Waals surface area contributed by atoms with Gasteiger partial charge < -0.3 is 0 Å². The van der Waals surface area contributed by atoms with Gasteiger partial charge in [-0.3, -0.25) is 0 Å². The van der Waals surface area contributed by atoms with E-state index in [2.05, 4.69) is 4.99 Å². The lowest BCUT2D eigenvalue weighted by Gasteiger charge is -2.00. The number of rotatable bonds is 3. The van der Waals surface area contributed by atoms with Crippen molar-refractivity contribution < 1.29 is 9.83 Å². The first-order valence-electron chi connectivity index (χ1n) is 2.07. The first-order valence-corrected chi connectivity index (χ1v) is 2.07. The van der Waals surface area contributed by atoms with Crippen molar-refractivity contribution in [1.82, 2.24) is 5.01 Å². The molecule has 9 heavy (non-hydrogen) atoms. The third-order valence-corrected chi connectivity index (χ3v) is 0.619. The van der Waals surface area contributed by atoms with Gasteiger partial charge in [0, 0.05) is 0 Å². The molecule has 0 aliphatic carbocycles. The predicted molar refractivity (Wildman–Crippen MR) is 27.7 cm³/mol. The molecular formula is C3H5N3O3. The van der Waals surface area contributed by atoms with E-state index in [0.29, 0.717) is 5.01 Å². The molecule has 0 aliphatic heterocycles. The van der Waals surface area contributed by atoms with E-state index < -0.39 is 5.03 Å². The van der Waals surface area contributed by atoms with Crippen LogP contribution in [0.4, 0.5) is 0 Å². The maximum Gasteiger partial charge on any atom is 0.237 e. The number of hydrogen-bond acceptors (Lipinski definition) is 4. The van der Waals surface area contributed by atoms with Crippen molar-refractivity contribution in [3.63, 3.8) is 0 Å². The normalized spacial score (nSPS) is 7.67. The van der Waals surface area contributed by atoms with Gasteiger partial charge in [-0.05, 0) is 0 Å². The SMILES string of the molecule is CN(CN=C=O)[N+](=O)[O-]. The third-order valence-electron chi connectivity index (χ3n) is 0.619. The Morgan fingerprint density at radius 1 is 1.89 bits per heavy atom. The van der Waals surface area contributed by atoms with Crippen LogP contribution < -0.4 is 0 Å². The Labute approximate surface area is 50.9 Å². The molecule has 0 amide bonds. The number of nitrogens with zero attached hydrogens (tertiary/aromatic N) is 3. The molecule has 0 N–H and O–H groups in total. The highest BCUT2D eigenvalue weighted by atomic mass is 16.7. The molecule has 0 unspecified atom stereocenters. The Bertz CT molecular complexity index is 150. The standard InChI is InChI=1S/C3H5N3O3/c1-5(6(8)9)2-4-3-7/h2H2,1H3. The van der Waals surface area contributed by atoms with E-state index in [1.54, 1.807) is 0 Å². The van der Waals surface area contributed by atoms with Gasteiger partial charge in [-0.25, -0.2) is 14.9 Å². The fourth-order valence-electron chi connectivity index (χ4n) is 0.183. The Hall–Kier alpha value is -1.42. The van der Waals surface area contributed by atoms with Gasteiger partial charge in [-0.1, -0.05) is 0 Å². The van der Waals surface area contributed by atoms with E-state index in [0.717, 1.165) is 0 Å². The second kappa shape index (κ2) is 3.57. The van der Waals surface area contributed by atoms with Crippen LogP contribution in [0.3, 0.4) is 0 Å². The second-order valence-corrected chi connectivity index (χ2v) is 1.29. The number of nitro groups is 1. The summed E-state index contributed by atoms with van der Waals surface area (Å²) in [6.07, 6.45) is 1.18. The Kier molecular flexibility index (Phi) is 3.00. The highest BCUT2D eigenvalue weighted by Gasteiger charge is 2.02. The average molecular weight is 131 g/mol.